The first-order valence-electron chi connectivity index (χ1n) is 4.27. The van der Waals surface area contributed by atoms with E-state index in [0.29, 0.717) is 5.56 Å². The summed E-state index contributed by atoms with van der Waals surface area (Å²) >= 11 is 4.83. The highest BCUT2D eigenvalue weighted by Gasteiger charge is 2.11. The largest absolute Gasteiger partial charge is 0.465 e. The Labute approximate surface area is 99.2 Å². The molecule has 1 aromatic heterocycles. The Kier molecular flexibility index (Phi) is 2.75. The van der Waals surface area contributed by atoms with E-state index in [9.17, 15) is 4.79 Å². The number of methoxy groups -OCH3 is 1. The van der Waals surface area contributed by atoms with Crippen LogP contribution in [0.25, 0.3) is 10.2 Å². The third-order valence-corrected chi connectivity index (χ3v) is 3.53. The smallest absolute Gasteiger partial charge is 0.337 e. The summed E-state index contributed by atoms with van der Waals surface area (Å²) < 4.78 is 6.49. The Hall–Kier alpha value is -0.940. The summed E-state index contributed by atoms with van der Waals surface area (Å²) in [5, 5.41) is 0. The number of benzene rings is 1. The van der Waals surface area contributed by atoms with Crippen molar-refractivity contribution >= 4 is 43.5 Å². The Bertz CT molecular complexity index is 535. The number of ether oxygens (including phenoxy) is 1. The molecule has 78 valence electrons. The molecule has 2 aromatic rings. The minimum atomic E-state index is -0.315. The first-order valence-corrected chi connectivity index (χ1v) is 5.88. The van der Waals surface area contributed by atoms with Crippen molar-refractivity contribution < 1.29 is 9.53 Å². The zero-order chi connectivity index (χ0) is 11.0. The summed E-state index contributed by atoms with van der Waals surface area (Å²) in [7, 11) is 1.38. The zero-order valence-electron chi connectivity index (χ0n) is 8.20. The number of rotatable bonds is 1. The van der Waals surface area contributed by atoms with E-state index in [0.717, 1.165) is 19.7 Å². The molecule has 0 saturated carbocycles. The summed E-state index contributed by atoms with van der Waals surface area (Å²) in [6, 6.07) is 3.59. The van der Waals surface area contributed by atoms with Crippen LogP contribution in [0.15, 0.2) is 16.0 Å². The number of aryl methyl sites for hydroxylation is 1. The maximum atomic E-state index is 11.4. The van der Waals surface area contributed by atoms with Crippen molar-refractivity contribution in [2.45, 2.75) is 6.92 Å². The van der Waals surface area contributed by atoms with E-state index in [-0.39, 0.29) is 5.97 Å². The molecule has 5 heteroatoms. The molecule has 0 aliphatic rings. The van der Waals surface area contributed by atoms with Gasteiger partial charge in [-0.15, -0.1) is 11.3 Å². The molecule has 0 amide bonds. The molecule has 3 nitrogen and oxygen atoms in total. The molecule has 0 bridgehead atoms. The minimum Gasteiger partial charge on any atom is -0.465 e. The van der Waals surface area contributed by atoms with Crippen LogP contribution < -0.4 is 0 Å². The van der Waals surface area contributed by atoms with Gasteiger partial charge in [-0.25, -0.2) is 9.78 Å². The Morgan fingerprint density at radius 1 is 1.53 bits per heavy atom. The van der Waals surface area contributed by atoms with Gasteiger partial charge in [-0.3, -0.25) is 0 Å². The lowest BCUT2D eigenvalue weighted by atomic mass is 10.1. The molecule has 2 rings (SSSR count). The molecule has 0 spiro atoms. The highest BCUT2D eigenvalue weighted by atomic mass is 79.9. The fraction of sp³-hybridized carbons (Fsp3) is 0.200. The topological polar surface area (TPSA) is 39.2 Å². The number of thiazole rings is 1. The summed E-state index contributed by atoms with van der Waals surface area (Å²) in [4.78, 5) is 15.7. The van der Waals surface area contributed by atoms with Crippen molar-refractivity contribution in [2.24, 2.45) is 0 Å². The first-order chi connectivity index (χ1) is 7.11. The van der Waals surface area contributed by atoms with Gasteiger partial charge in [0, 0.05) is 0 Å². The van der Waals surface area contributed by atoms with Crippen LogP contribution in [-0.2, 0) is 4.74 Å². The third-order valence-electron chi connectivity index (χ3n) is 2.08. The van der Waals surface area contributed by atoms with Crippen molar-refractivity contribution in [2.75, 3.05) is 7.11 Å². The molecule has 1 aromatic carbocycles. The molecule has 0 atom stereocenters. The highest BCUT2D eigenvalue weighted by Crippen LogP contribution is 2.29. The van der Waals surface area contributed by atoms with Gasteiger partial charge in [0.25, 0.3) is 0 Å². The van der Waals surface area contributed by atoms with Crippen LogP contribution in [0.3, 0.4) is 0 Å². The number of nitrogens with zero attached hydrogens (tertiary/aromatic N) is 1. The number of hydrogen-bond acceptors (Lipinski definition) is 4. The van der Waals surface area contributed by atoms with E-state index in [4.69, 9.17) is 0 Å². The van der Waals surface area contributed by atoms with E-state index in [1.807, 2.05) is 6.92 Å². The van der Waals surface area contributed by atoms with Crippen molar-refractivity contribution in [1.82, 2.24) is 4.98 Å². The lowest BCUT2D eigenvalue weighted by Gasteiger charge is -2.00. The average Bonchev–Trinajstić information content (AvgIpc) is 2.58. The van der Waals surface area contributed by atoms with Crippen LogP contribution in [-0.4, -0.2) is 18.1 Å². The number of esters is 1. The predicted octanol–water partition coefficient (Wildman–Crippen LogP) is 3.15. The van der Waals surface area contributed by atoms with E-state index in [1.165, 1.54) is 18.4 Å². The lowest BCUT2D eigenvalue weighted by molar-refractivity contribution is 0.0601. The fourth-order valence-electron chi connectivity index (χ4n) is 1.41. The van der Waals surface area contributed by atoms with Gasteiger partial charge in [-0.1, -0.05) is 0 Å². The normalized spacial score (nSPS) is 10.6. The summed E-state index contributed by atoms with van der Waals surface area (Å²) in [6.07, 6.45) is 0. The van der Waals surface area contributed by atoms with E-state index in [2.05, 4.69) is 25.7 Å². The van der Waals surface area contributed by atoms with E-state index in [1.54, 1.807) is 12.1 Å². The van der Waals surface area contributed by atoms with Crippen LogP contribution in [0, 0.1) is 6.92 Å². The second-order valence-electron chi connectivity index (χ2n) is 3.10. The Morgan fingerprint density at radius 3 is 2.93 bits per heavy atom. The van der Waals surface area contributed by atoms with Gasteiger partial charge in [0.05, 0.1) is 22.9 Å². The number of aromatic nitrogens is 1. The van der Waals surface area contributed by atoms with Gasteiger partial charge in [0.2, 0.25) is 0 Å². The number of halogens is 1. The van der Waals surface area contributed by atoms with Gasteiger partial charge < -0.3 is 4.74 Å². The standard InChI is InChI=1S/C10H8BrNO2S/c1-5-3-6(9(13)14-2)4-7-8(5)12-10(11)15-7/h3-4H,1-2H3. The second-order valence-corrected chi connectivity index (χ2v) is 5.40. The van der Waals surface area contributed by atoms with Crippen molar-refractivity contribution in [1.29, 1.82) is 0 Å². The van der Waals surface area contributed by atoms with Gasteiger partial charge in [0.1, 0.15) is 0 Å². The monoisotopic (exact) mass is 285 g/mol. The molecular formula is C10H8BrNO2S. The van der Waals surface area contributed by atoms with Crippen molar-refractivity contribution in [3.05, 3.63) is 27.2 Å². The molecule has 15 heavy (non-hydrogen) atoms. The maximum Gasteiger partial charge on any atom is 0.337 e. The number of hydrogen-bond donors (Lipinski definition) is 0. The molecule has 0 aliphatic carbocycles. The average molecular weight is 286 g/mol. The summed E-state index contributed by atoms with van der Waals surface area (Å²) in [6.45, 7) is 1.93. The molecule has 0 unspecified atom stereocenters. The minimum absolute atomic E-state index is 0.315. The van der Waals surface area contributed by atoms with E-state index < -0.39 is 0 Å². The van der Waals surface area contributed by atoms with Gasteiger partial charge in [0.15, 0.2) is 3.92 Å². The number of carbonyl (C=O) groups excluding carboxylic acids is 1. The molecule has 0 N–H and O–H groups in total. The predicted molar refractivity (Wildman–Crippen MR) is 63.4 cm³/mol. The van der Waals surface area contributed by atoms with Gasteiger partial charge >= 0.3 is 5.97 Å². The van der Waals surface area contributed by atoms with Crippen LogP contribution >= 0.6 is 27.3 Å². The lowest BCUT2D eigenvalue weighted by Crippen LogP contribution is -2.01. The Morgan fingerprint density at radius 2 is 2.27 bits per heavy atom. The molecule has 0 radical (unpaired) electrons. The Balaban J connectivity index is 2.66. The molecule has 0 fully saturated rings. The maximum absolute atomic E-state index is 11.4. The quantitative estimate of drug-likeness (QED) is 0.756. The highest BCUT2D eigenvalue weighted by molar-refractivity contribution is 9.11. The van der Waals surface area contributed by atoms with Gasteiger partial charge in [-0.05, 0) is 40.5 Å². The number of fused-ring (bicyclic) bond motifs is 1. The first kappa shape index (κ1) is 10.6. The van der Waals surface area contributed by atoms with E-state index >= 15 is 0 Å². The van der Waals surface area contributed by atoms with Gasteiger partial charge in [-0.2, -0.15) is 0 Å². The SMILES string of the molecule is COC(=O)c1cc(C)c2nc(Br)sc2c1. The van der Waals surface area contributed by atoms with Crippen LogP contribution in [0.5, 0.6) is 0 Å². The fourth-order valence-corrected chi connectivity index (χ4v) is 2.91. The third kappa shape index (κ3) is 1.89. The van der Waals surface area contributed by atoms with Crippen molar-refractivity contribution in [3.63, 3.8) is 0 Å². The molecule has 0 saturated heterocycles. The summed E-state index contributed by atoms with van der Waals surface area (Å²) in [5.41, 5.74) is 2.48. The van der Waals surface area contributed by atoms with Crippen LogP contribution in [0.2, 0.25) is 0 Å². The van der Waals surface area contributed by atoms with Crippen LogP contribution in [0.1, 0.15) is 15.9 Å². The molecule has 1 heterocycles. The second kappa shape index (κ2) is 3.90. The molecular weight excluding hydrogens is 278 g/mol. The van der Waals surface area contributed by atoms with Crippen LogP contribution in [0.4, 0.5) is 0 Å². The molecule has 0 aliphatic heterocycles. The van der Waals surface area contributed by atoms with Crippen molar-refractivity contribution in [3.8, 4) is 0 Å². The zero-order valence-corrected chi connectivity index (χ0v) is 10.6. The summed E-state index contributed by atoms with van der Waals surface area (Å²) in [5.74, 6) is -0.315. The number of carbonyl (C=O) groups is 1.